The summed E-state index contributed by atoms with van der Waals surface area (Å²) in [5.74, 6) is 0. The van der Waals surface area contributed by atoms with E-state index in [4.69, 9.17) is 0 Å². The first-order chi connectivity index (χ1) is 31.3. The van der Waals surface area contributed by atoms with Gasteiger partial charge in [-0.1, -0.05) is 218 Å². The lowest BCUT2D eigenvalue weighted by molar-refractivity contribution is 1.13. The predicted octanol–water partition coefficient (Wildman–Crippen LogP) is 12.6. The predicted molar refractivity (Wildman–Crippen MR) is 270 cm³/mol. The molecule has 2 nitrogen and oxygen atoms in total. The quantitative estimate of drug-likeness (QED) is 0.107. The van der Waals surface area contributed by atoms with E-state index in [2.05, 4.69) is 264 Å². The molecule has 0 N–H and O–H groups in total. The van der Waals surface area contributed by atoms with E-state index in [0.717, 1.165) is 11.4 Å². The standard InChI is InChI=1S/C60H42N2Si/c1-6-20-43(21-7-1)45-36-39-47(40-37-45)61-54-32-17-16-30-51(54)52-31-18-34-56(60(52)61)62-55-33-19-35-58(59(55)53-41-38-46(42-57(53)62)44-22-8-2-9-23-44)63(48-24-10-3-11-25-48,49-26-12-4-13-27-49)50-28-14-5-15-29-50/h1-42H. The van der Waals surface area contributed by atoms with Crippen LogP contribution in [0.3, 0.4) is 0 Å². The number of hydrogen-bond acceptors (Lipinski definition) is 0. The summed E-state index contributed by atoms with van der Waals surface area (Å²) in [6, 6.07) is 94.3. The Morgan fingerprint density at radius 3 is 1.38 bits per heavy atom. The third-order valence-electron chi connectivity index (χ3n) is 13.1. The topological polar surface area (TPSA) is 9.86 Å². The van der Waals surface area contributed by atoms with Gasteiger partial charge in [0.05, 0.1) is 27.8 Å². The van der Waals surface area contributed by atoms with Crippen molar-refractivity contribution < 1.29 is 0 Å². The molecular formula is C60H42N2Si. The maximum atomic E-state index is 2.57. The van der Waals surface area contributed by atoms with Crippen LogP contribution in [-0.2, 0) is 0 Å². The van der Waals surface area contributed by atoms with Gasteiger partial charge in [0.15, 0.2) is 8.07 Å². The van der Waals surface area contributed by atoms with Crippen LogP contribution in [0.5, 0.6) is 0 Å². The highest BCUT2D eigenvalue weighted by Crippen LogP contribution is 2.41. The lowest BCUT2D eigenvalue weighted by Gasteiger charge is -2.35. The fourth-order valence-electron chi connectivity index (χ4n) is 10.4. The first-order valence-corrected chi connectivity index (χ1v) is 23.8. The van der Waals surface area contributed by atoms with Gasteiger partial charge >= 0.3 is 0 Å². The summed E-state index contributed by atoms with van der Waals surface area (Å²) in [5.41, 5.74) is 11.8. The molecule has 0 bridgehead atoms. The van der Waals surface area contributed by atoms with Gasteiger partial charge in [0.2, 0.25) is 0 Å². The van der Waals surface area contributed by atoms with E-state index in [1.807, 2.05) is 0 Å². The maximum absolute atomic E-state index is 2.94. The van der Waals surface area contributed by atoms with Gasteiger partial charge < -0.3 is 9.13 Å². The van der Waals surface area contributed by atoms with E-state index in [0.29, 0.717) is 0 Å². The van der Waals surface area contributed by atoms with Crippen LogP contribution < -0.4 is 20.7 Å². The molecule has 12 aromatic rings. The Hall–Kier alpha value is -7.98. The average Bonchev–Trinajstić information content (AvgIpc) is 3.89. The van der Waals surface area contributed by atoms with Crippen LogP contribution in [0.25, 0.3) is 77.2 Å². The number of rotatable bonds is 8. The zero-order valence-electron chi connectivity index (χ0n) is 34.6. The molecule has 0 aliphatic carbocycles. The van der Waals surface area contributed by atoms with Crippen molar-refractivity contribution in [3.8, 4) is 33.6 Å². The van der Waals surface area contributed by atoms with Gasteiger partial charge in [0.25, 0.3) is 0 Å². The Morgan fingerprint density at radius 2 is 0.762 bits per heavy atom. The molecule has 3 heteroatoms. The van der Waals surface area contributed by atoms with Crippen molar-refractivity contribution in [3.05, 3.63) is 255 Å². The summed E-state index contributed by atoms with van der Waals surface area (Å²) >= 11 is 0. The highest BCUT2D eigenvalue weighted by molar-refractivity contribution is 7.20. The average molecular weight is 819 g/mol. The molecule has 0 fully saturated rings. The van der Waals surface area contributed by atoms with Crippen LogP contribution in [0.1, 0.15) is 0 Å². The summed E-state index contributed by atoms with van der Waals surface area (Å²) in [7, 11) is -2.94. The van der Waals surface area contributed by atoms with Crippen molar-refractivity contribution in [3.63, 3.8) is 0 Å². The number of hydrogen-bond donors (Lipinski definition) is 0. The Kier molecular flexibility index (Phi) is 8.87. The van der Waals surface area contributed by atoms with Gasteiger partial charge in [-0.15, -0.1) is 0 Å². The largest absolute Gasteiger partial charge is 0.307 e. The molecule has 0 radical (unpaired) electrons. The summed E-state index contributed by atoms with van der Waals surface area (Å²) in [5, 5.41) is 10.4. The lowest BCUT2D eigenvalue weighted by Crippen LogP contribution is -2.74. The van der Waals surface area contributed by atoms with Crippen LogP contribution in [-0.4, -0.2) is 17.2 Å². The number of benzene rings is 10. The molecule has 0 aliphatic heterocycles. The van der Waals surface area contributed by atoms with Crippen molar-refractivity contribution >= 4 is 72.4 Å². The smallest absolute Gasteiger partial charge is 0.180 e. The molecule has 0 saturated carbocycles. The Morgan fingerprint density at radius 1 is 0.286 bits per heavy atom. The fourth-order valence-corrected chi connectivity index (χ4v) is 15.4. The van der Waals surface area contributed by atoms with Crippen molar-refractivity contribution in [1.29, 1.82) is 0 Å². The van der Waals surface area contributed by atoms with E-state index in [9.17, 15) is 0 Å². The van der Waals surface area contributed by atoms with Crippen LogP contribution in [0.15, 0.2) is 255 Å². The fraction of sp³-hybridized carbons (Fsp3) is 0. The van der Waals surface area contributed by atoms with Crippen molar-refractivity contribution in [2.45, 2.75) is 0 Å². The number of fused-ring (bicyclic) bond motifs is 6. The third kappa shape index (κ3) is 5.85. The first-order valence-electron chi connectivity index (χ1n) is 21.8. The third-order valence-corrected chi connectivity index (χ3v) is 17.9. The van der Waals surface area contributed by atoms with Crippen LogP contribution >= 0.6 is 0 Å². The van der Waals surface area contributed by atoms with E-state index in [1.54, 1.807) is 0 Å². The number of para-hydroxylation sites is 2. The molecule has 12 rings (SSSR count). The first kappa shape index (κ1) is 36.8. The molecular weight excluding hydrogens is 777 g/mol. The van der Waals surface area contributed by atoms with Gasteiger partial charge in [-0.3, -0.25) is 0 Å². The lowest BCUT2D eigenvalue weighted by atomic mass is 10.0. The normalized spacial score (nSPS) is 11.8. The van der Waals surface area contributed by atoms with E-state index in [1.165, 1.54) is 86.6 Å². The molecule has 0 aliphatic rings. The van der Waals surface area contributed by atoms with E-state index >= 15 is 0 Å². The van der Waals surface area contributed by atoms with Gasteiger partial charge in [-0.25, -0.2) is 0 Å². The van der Waals surface area contributed by atoms with Crippen LogP contribution in [0.2, 0.25) is 0 Å². The molecule has 63 heavy (non-hydrogen) atoms. The second kappa shape index (κ2) is 15.2. The summed E-state index contributed by atoms with van der Waals surface area (Å²) < 4.78 is 5.05. The monoisotopic (exact) mass is 818 g/mol. The van der Waals surface area contributed by atoms with Crippen LogP contribution in [0.4, 0.5) is 0 Å². The van der Waals surface area contributed by atoms with Gasteiger partial charge in [-0.05, 0) is 79.4 Å². The SMILES string of the molecule is c1ccc(-c2ccc(-n3c4ccccc4c4cccc(-n5c6cc(-c7ccccc7)ccc6c6c([Si](c7ccccc7)(c7ccccc7)c7ccccc7)cccc65)c43)cc2)cc1. The number of aromatic nitrogens is 2. The summed E-state index contributed by atoms with van der Waals surface area (Å²) in [6.07, 6.45) is 0. The molecule has 2 aromatic heterocycles. The molecule has 0 saturated heterocycles. The highest BCUT2D eigenvalue weighted by Gasteiger charge is 2.43. The zero-order chi connectivity index (χ0) is 41.7. The van der Waals surface area contributed by atoms with Crippen molar-refractivity contribution in [2.24, 2.45) is 0 Å². The maximum Gasteiger partial charge on any atom is 0.180 e. The Balaban J connectivity index is 1.22. The minimum Gasteiger partial charge on any atom is -0.307 e. The van der Waals surface area contributed by atoms with Gasteiger partial charge in [0.1, 0.15) is 0 Å². The Bertz CT molecular complexity index is 3480. The van der Waals surface area contributed by atoms with Crippen molar-refractivity contribution in [1.82, 2.24) is 9.13 Å². The van der Waals surface area contributed by atoms with Crippen LogP contribution in [0, 0.1) is 0 Å². The van der Waals surface area contributed by atoms with Gasteiger partial charge in [-0.2, -0.15) is 0 Å². The Labute approximate surface area is 368 Å². The summed E-state index contributed by atoms with van der Waals surface area (Å²) in [4.78, 5) is 0. The van der Waals surface area contributed by atoms with E-state index < -0.39 is 8.07 Å². The molecule has 0 atom stereocenters. The number of nitrogens with zero attached hydrogens (tertiary/aromatic N) is 2. The molecule has 10 aromatic carbocycles. The molecule has 0 spiro atoms. The minimum absolute atomic E-state index is 1.13. The molecule has 0 amide bonds. The second-order valence-electron chi connectivity index (χ2n) is 16.4. The second-order valence-corrected chi connectivity index (χ2v) is 20.2. The van der Waals surface area contributed by atoms with Gasteiger partial charge in [0, 0.05) is 27.2 Å². The molecule has 0 unspecified atom stereocenters. The molecule has 2 heterocycles. The highest BCUT2D eigenvalue weighted by atomic mass is 28.3. The van der Waals surface area contributed by atoms with E-state index in [-0.39, 0.29) is 0 Å². The van der Waals surface area contributed by atoms with Crippen molar-refractivity contribution in [2.75, 3.05) is 0 Å². The zero-order valence-corrected chi connectivity index (χ0v) is 35.6. The molecule has 296 valence electrons. The minimum atomic E-state index is -2.94. The summed E-state index contributed by atoms with van der Waals surface area (Å²) in [6.45, 7) is 0.